The van der Waals surface area contributed by atoms with Gasteiger partial charge in [0.1, 0.15) is 11.8 Å². The van der Waals surface area contributed by atoms with Crippen LogP contribution < -0.4 is 15.5 Å². The van der Waals surface area contributed by atoms with Crippen molar-refractivity contribution in [2.75, 3.05) is 49.5 Å². The summed E-state index contributed by atoms with van der Waals surface area (Å²) in [4.78, 5) is 28.8. The zero-order valence-electron chi connectivity index (χ0n) is 31.8. The van der Waals surface area contributed by atoms with Crippen LogP contribution in [0.5, 0.6) is 5.75 Å². The van der Waals surface area contributed by atoms with Gasteiger partial charge >= 0.3 is 0 Å². The third-order valence-corrected chi connectivity index (χ3v) is 13.5. The Bertz CT molecular complexity index is 1970. The molecule has 0 aromatic heterocycles. The average molecular weight is 739 g/mol. The molecule has 55 heavy (non-hydrogen) atoms. The van der Waals surface area contributed by atoms with Crippen molar-refractivity contribution in [2.24, 2.45) is 5.92 Å². The van der Waals surface area contributed by atoms with Gasteiger partial charge in [0.15, 0.2) is 0 Å². The maximum absolute atomic E-state index is 12.1. The molecule has 286 valence electrons. The van der Waals surface area contributed by atoms with Crippen LogP contribution in [0, 0.1) is 5.92 Å². The number of fused-ring (bicyclic) bond motifs is 1. The minimum atomic E-state index is -0.353. The Kier molecular flexibility index (Phi) is 10.1. The van der Waals surface area contributed by atoms with E-state index in [4.69, 9.17) is 4.74 Å². The number of carbonyl (C=O) groups excluding carboxylic acids is 2. The van der Waals surface area contributed by atoms with E-state index in [1.807, 2.05) is 12.1 Å². The highest BCUT2D eigenvalue weighted by atomic mass is 16.5. The number of nitrogens with one attached hydrogen (secondary N) is 2. The van der Waals surface area contributed by atoms with Gasteiger partial charge in [0.05, 0.1) is 12.2 Å². The lowest BCUT2D eigenvalue weighted by Crippen LogP contribution is -2.47. The Balaban J connectivity index is 0.759. The molecule has 1 spiro atoms. The Hall–Kier alpha value is -4.66. The first-order valence-corrected chi connectivity index (χ1v) is 20.7. The monoisotopic (exact) mass is 738 g/mol. The fraction of sp³-hybridized carbons (Fsp3) is 0.447. The molecule has 2 amide bonds. The van der Waals surface area contributed by atoms with Gasteiger partial charge in [-0.25, -0.2) is 0 Å². The van der Waals surface area contributed by atoms with E-state index in [0.717, 1.165) is 83.5 Å². The molecule has 4 aliphatic heterocycles. The SMILES string of the molecule is O=C1CC[C@H](Nc2ccc(C3CCN(C[C@H]4COC5(CCN(c6ccc([C@H]7c8ccc(O)cc8CC[C@H]7c7ccccc7)cc6)CC5)C4)CC3)cc2)C(=O)N1. The van der Waals surface area contributed by atoms with Crippen LogP contribution in [-0.2, 0) is 20.7 Å². The lowest BCUT2D eigenvalue weighted by Gasteiger charge is -2.40. The van der Waals surface area contributed by atoms with E-state index in [0.29, 0.717) is 36.3 Å². The molecule has 9 rings (SSSR count). The van der Waals surface area contributed by atoms with Gasteiger partial charge < -0.3 is 25.0 Å². The molecule has 4 fully saturated rings. The predicted molar refractivity (Wildman–Crippen MR) is 217 cm³/mol. The van der Waals surface area contributed by atoms with Crippen molar-refractivity contribution in [1.29, 1.82) is 0 Å². The molecule has 4 heterocycles. The molecule has 4 aromatic rings. The first kappa shape index (κ1) is 36.0. The topological polar surface area (TPSA) is 94.1 Å². The van der Waals surface area contributed by atoms with Gasteiger partial charge in [0.25, 0.3) is 0 Å². The number of carbonyl (C=O) groups is 2. The normalized spacial score (nSPS) is 25.8. The fourth-order valence-corrected chi connectivity index (χ4v) is 10.4. The lowest BCUT2D eigenvalue weighted by atomic mass is 9.69. The van der Waals surface area contributed by atoms with Gasteiger partial charge in [0.2, 0.25) is 11.8 Å². The van der Waals surface area contributed by atoms with Crippen LogP contribution in [0.3, 0.4) is 0 Å². The van der Waals surface area contributed by atoms with Crippen molar-refractivity contribution in [3.05, 3.63) is 125 Å². The summed E-state index contributed by atoms with van der Waals surface area (Å²) in [6, 6.07) is 34.5. The Labute approximate surface area is 325 Å². The van der Waals surface area contributed by atoms with Gasteiger partial charge in [0, 0.05) is 43.3 Å². The molecule has 3 N–H and O–H groups in total. The van der Waals surface area contributed by atoms with Crippen molar-refractivity contribution in [3.63, 3.8) is 0 Å². The first-order valence-electron chi connectivity index (χ1n) is 20.7. The quantitative estimate of drug-likeness (QED) is 0.160. The second-order valence-corrected chi connectivity index (χ2v) is 16.9. The van der Waals surface area contributed by atoms with Crippen LogP contribution in [0.1, 0.15) is 96.9 Å². The molecule has 8 heteroatoms. The Morgan fingerprint density at radius 3 is 2.27 bits per heavy atom. The largest absolute Gasteiger partial charge is 0.508 e. The van der Waals surface area contributed by atoms with Crippen molar-refractivity contribution in [3.8, 4) is 5.75 Å². The number of amides is 2. The van der Waals surface area contributed by atoms with Crippen LogP contribution in [0.4, 0.5) is 11.4 Å². The number of piperidine rings is 3. The maximum Gasteiger partial charge on any atom is 0.249 e. The summed E-state index contributed by atoms with van der Waals surface area (Å²) in [6.45, 7) is 6.29. The van der Waals surface area contributed by atoms with Crippen molar-refractivity contribution < 1.29 is 19.4 Å². The number of imide groups is 1. The van der Waals surface area contributed by atoms with Crippen LogP contribution >= 0.6 is 0 Å². The number of aryl methyl sites for hydroxylation is 1. The smallest absolute Gasteiger partial charge is 0.249 e. The molecule has 1 aliphatic carbocycles. The van der Waals surface area contributed by atoms with Crippen molar-refractivity contribution in [1.82, 2.24) is 10.2 Å². The minimum Gasteiger partial charge on any atom is -0.508 e. The number of hydrogen-bond donors (Lipinski definition) is 3. The van der Waals surface area contributed by atoms with E-state index < -0.39 is 0 Å². The lowest BCUT2D eigenvalue weighted by molar-refractivity contribution is -0.133. The number of aromatic hydroxyl groups is 1. The molecule has 4 saturated heterocycles. The van der Waals surface area contributed by atoms with E-state index in [1.165, 1.54) is 39.9 Å². The number of phenolic OH excluding ortho intramolecular Hbond substituents is 1. The van der Waals surface area contributed by atoms with E-state index in [9.17, 15) is 14.7 Å². The van der Waals surface area contributed by atoms with Gasteiger partial charge in [-0.05, 0) is 146 Å². The Morgan fingerprint density at radius 2 is 1.53 bits per heavy atom. The summed E-state index contributed by atoms with van der Waals surface area (Å²) < 4.78 is 6.66. The van der Waals surface area contributed by atoms with E-state index in [-0.39, 0.29) is 29.4 Å². The summed E-state index contributed by atoms with van der Waals surface area (Å²) in [5.41, 5.74) is 8.97. The molecule has 8 nitrogen and oxygen atoms in total. The summed E-state index contributed by atoms with van der Waals surface area (Å²) >= 11 is 0. The van der Waals surface area contributed by atoms with Gasteiger partial charge in [-0.2, -0.15) is 0 Å². The minimum absolute atomic E-state index is 0.0172. The highest BCUT2D eigenvalue weighted by Crippen LogP contribution is 2.47. The van der Waals surface area contributed by atoms with Gasteiger partial charge in [-0.1, -0.05) is 60.7 Å². The highest BCUT2D eigenvalue weighted by molar-refractivity contribution is 6.01. The molecule has 0 saturated carbocycles. The summed E-state index contributed by atoms with van der Waals surface area (Å²) in [5.74, 6) is 1.76. The fourth-order valence-electron chi connectivity index (χ4n) is 10.4. The third-order valence-electron chi connectivity index (χ3n) is 13.5. The molecule has 0 radical (unpaired) electrons. The maximum atomic E-state index is 12.1. The van der Waals surface area contributed by atoms with Gasteiger partial charge in [-0.15, -0.1) is 0 Å². The van der Waals surface area contributed by atoms with Gasteiger partial charge in [-0.3, -0.25) is 14.9 Å². The number of hydrogen-bond acceptors (Lipinski definition) is 7. The number of rotatable bonds is 8. The number of anilines is 2. The first-order chi connectivity index (χ1) is 26.9. The number of likely N-dealkylation sites (tertiary alicyclic amines) is 1. The van der Waals surface area contributed by atoms with Crippen LogP contribution in [0.15, 0.2) is 97.1 Å². The third kappa shape index (κ3) is 7.76. The molecule has 0 unspecified atom stereocenters. The molecule has 0 bridgehead atoms. The summed E-state index contributed by atoms with van der Waals surface area (Å²) in [7, 11) is 0. The second kappa shape index (κ2) is 15.5. The van der Waals surface area contributed by atoms with E-state index in [1.54, 1.807) is 0 Å². The van der Waals surface area contributed by atoms with Crippen molar-refractivity contribution in [2.45, 2.75) is 87.2 Å². The Morgan fingerprint density at radius 1 is 0.782 bits per heavy atom. The van der Waals surface area contributed by atoms with Crippen LogP contribution in [0.25, 0.3) is 0 Å². The molecule has 4 atom stereocenters. The predicted octanol–water partition coefficient (Wildman–Crippen LogP) is 7.73. The summed E-state index contributed by atoms with van der Waals surface area (Å²) in [6.07, 6.45) is 8.63. The second-order valence-electron chi connectivity index (χ2n) is 16.9. The highest BCUT2D eigenvalue weighted by Gasteiger charge is 2.43. The molecule has 4 aromatic carbocycles. The zero-order chi connectivity index (χ0) is 37.4. The molecular formula is C47H54N4O4. The standard InChI is InChI=1S/C47H54N4O4/c52-40-15-17-42-37(28-40)10-16-41(35-4-2-1-3-5-35)45(42)36-8-13-39(14-9-36)51-26-22-47(23-27-51)29-32(31-55-47)30-50-24-20-34(21-25-50)33-6-11-38(12-7-33)48-43-18-19-44(53)49-46(43)54/h1-9,11-15,17,28,32,34,41,43,45,48,52H,10,16,18-27,29-31H2,(H,49,53,54)/t32-,41-,43-,45+/m0/s1. The number of nitrogens with zero attached hydrogens (tertiary/aromatic N) is 2. The number of phenols is 1. The molecule has 5 aliphatic rings. The van der Waals surface area contributed by atoms with Crippen LogP contribution in [-0.4, -0.2) is 72.8 Å². The molecular weight excluding hydrogens is 685 g/mol. The van der Waals surface area contributed by atoms with E-state index >= 15 is 0 Å². The zero-order valence-corrected chi connectivity index (χ0v) is 31.8. The number of ether oxygens (including phenoxy) is 1. The van der Waals surface area contributed by atoms with Crippen molar-refractivity contribution >= 4 is 23.2 Å². The van der Waals surface area contributed by atoms with E-state index in [2.05, 4.69) is 105 Å². The average Bonchev–Trinajstić information content (AvgIpc) is 3.60. The van der Waals surface area contributed by atoms with Crippen LogP contribution in [0.2, 0.25) is 0 Å². The number of benzene rings is 4. The summed E-state index contributed by atoms with van der Waals surface area (Å²) in [5, 5.41) is 16.0.